The van der Waals surface area contributed by atoms with E-state index in [-0.39, 0.29) is 0 Å². The fourth-order valence-electron chi connectivity index (χ4n) is 2.28. The summed E-state index contributed by atoms with van der Waals surface area (Å²) < 4.78 is 7.49. The van der Waals surface area contributed by atoms with Crippen molar-refractivity contribution in [2.45, 2.75) is 11.8 Å². The van der Waals surface area contributed by atoms with Gasteiger partial charge in [-0.15, -0.1) is 10.2 Å². The molecule has 134 valence electrons. The van der Waals surface area contributed by atoms with Crippen LogP contribution in [0.2, 0.25) is 0 Å². The van der Waals surface area contributed by atoms with Gasteiger partial charge in [0.25, 0.3) is 0 Å². The zero-order chi connectivity index (χ0) is 18.4. The van der Waals surface area contributed by atoms with Gasteiger partial charge in [-0.05, 0) is 36.1 Å². The van der Waals surface area contributed by atoms with Gasteiger partial charge < -0.3 is 9.64 Å². The summed E-state index contributed by atoms with van der Waals surface area (Å²) in [6, 6.07) is 17.8. The maximum absolute atomic E-state index is 5.77. The molecule has 0 bridgehead atoms. The van der Waals surface area contributed by atoms with Gasteiger partial charge in [-0.1, -0.05) is 42.1 Å². The van der Waals surface area contributed by atoms with E-state index in [0.29, 0.717) is 12.4 Å². The number of ether oxygens (including phenoxy) is 1. The van der Waals surface area contributed by atoms with Crippen LogP contribution in [0, 0.1) is 0 Å². The first-order valence-electron chi connectivity index (χ1n) is 8.15. The van der Waals surface area contributed by atoms with E-state index >= 15 is 0 Å². The van der Waals surface area contributed by atoms with E-state index in [9.17, 15) is 0 Å². The third-order valence-electron chi connectivity index (χ3n) is 3.70. The molecule has 7 heteroatoms. The van der Waals surface area contributed by atoms with E-state index in [1.807, 2.05) is 62.8 Å². The fourth-order valence-corrected chi connectivity index (χ4v) is 2.72. The Morgan fingerprint density at radius 2 is 1.81 bits per heavy atom. The maximum atomic E-state index is 5.77. The third-order valence-corrected chi connectivity index (χ3v) is 4.32. The normalized spacial score (nSPS) is 11.0. The number of rotatable bonds is 7. The summed E-state index contributed by atoms with van der Waals surface area (Å²) in [5.41, 5.74) is 2.15. The predicted molar refractivity (Wildman–Crippen MR) is 106 cm³/mol. The Hall–Kier alpha value is -2.80. The maximum Gasteiger partial charge on any atom is 0.211 e. The summed E-state index contributed by atoms with van der Waals surface area (Å²) in [7, 11) is 4.04. The van der Waals surface area contributed by atoms with Gasteiger partial charge >= 0.3 is 0 Å². The number of nitrogens with zero attached hydrogens (tertiary/aromatic N) is 5. The second-order valence-electron chi connectivity index (χ2n) is 5.75. The standard InChI is InChI=1S/C19H21N5OS/c1-23(2)16-11-9-15(10-12-16)13-20-24-18(21-22-19(24)26-3)14-25-17-7-5-4-6-8-17/h4-13H,14H2,1-3H3/b20-13-. The van der Waals surface area contributed by atoms with Crippen molar-refractivity contribution >= 4 is 23.7 Å². The molecule has 26 heavy (non-hydrogen) atoms. The summed E-state index contributed by atoms with van der Waals surface area (Å²) in [6.07, 6.45) is 3.75. The molecule has 1 heterocycles. The van der Waals surface area contributed by atoms with Crippen LogP contribution in [0.1, 0.15) is 11.4 Å². The molecule has 0 spiro atoms. The highest BCUT2D eigenvalue weighted by Gasteiger charge is 2.11. The summed E-state index contributed by atoms with van der Waals surface area (Å²) in [5.74, 6) is 1.44. The van der Waals surface area contributed by atoms with Crippen LogP contribution in [0.15, 0.2) is 64.9 Å². The Labute approximate surface area is 157 Å². The lowest BCUT2D eigenvalue weighted by atomic mass is 10.2. The number of anilines is 1. The quantitative estimate of drug-likeness (QED) is 0.472. The number of para-hydroxylation sites is 1. The second kappa shape index (κ2) is 8.53. The Bertz CT molecular complexity index is 859. The van der Waals surface area contributed by atoms with E-state index < -0.39 is 0 Å². The topological polar surface area (TPSA) is 55.5 Å². The SMILES string of the molecule is CSc1nnc(COc2ccccc2)n1/N=C\c1ccc(N(C)C)cc1. The molecule has 2 aromatic carbocycles. The monoisotopic (exact) mass is 367 g/mol. The van der Waals surface area contributed by atoms with Crippen molar-refractivity contribution in [2.24, 2.45) is 5.10 Å². The second-order valence-corrected chi connectivity index (χ2v) is 6.52. The molecule has 6 nitrogen and oxygen atoms in total. The summed E-state index contributed by atoms with van der Waals surface area (Å²) in [5, 5.41) is 13.6. The Kier molecular flexibility index (Phi) is 5.91. The van der Waals surface area contributed by atoms with Crippen molar-refractivity contribution in [3.8, 4) is 5.75 Å². The molecule has 0 aliphatic carbocycles. The minimum Gasteiger partial charge on any atom is -0.486 e. The molecule has 0 saturated heterocycles. The molecular formula is C19H21N5OS. The van der Waals surface area contributed by atoms with Crippen molar-refractivity contribution in [3.63, 3.8) is 0 Å². The molecule has 0 atom stereocenters. The average molecular weight is 367 g/mol. The molecule has 0 aliphatic heterocycles. The van der Waals surface area contributed by atoms with Gasteiger partial charge in [0.2, 0.25) is 5.16 Å². The van der Waals surface area contributed by atoms with Crippen LogP contribution >= 0.6 is 11.8 Å². The van der Waals surface area contributed by atoms with Gasteiger partial charge in [-0.2, -0.15) is 9.78 Å². The van der Waals surface area contributed by atoms with Crippen LogP contribution in [0.4, 0.5) is 5.69 Å². The third kappa shape index (κ3) is 4.43. The Morgan fingerprint density at radius 3 is 2.46 bits per heavy atom. The van der Waals surface area contributed by atoms with Gasteiger partial charge in [-0.25, -0.2) is 0 Å². The summed E-state index contributed by atoms with van der Waals surface area (Å²) in [4.78, 5) is 2.06. The van der Waals surface area contributed by atoms with E-state index in [4.69, 9.17) is 4.74 Å². The minimum absolute atomic E-state index is 0.300. The molecule has 0 amide bonds. The molecule has 3 rings (SSSR count). The molecule has 0 saturated carbocycles. The van der Waals surface area contributed by atoms with Crippen LogP contribution in [0.3, 0.4) is 0 Å². The van der Waals surface area contributed by atoms with Gasteiger partial charge in [0.15, 0.2) is 5.82 Å². The van der Waals surface area contributed by atoms with Gasteiger partial charge in [0.1, 0.15) is 12.4 Å². The number of hydrogen-bond acceptors (Lipinski definition) is 6. The number of hydrogen-bond donors (Lipinski definition) is 0. The highest BCUT2D eigenvalue weighted by atomic mass is 32.2. The van der Waals surface area contributed by atoms with E-state index in [1.165, 1.54) is 11.8 Å². The molecule has 0 N–H and O–H groups in total. The molecule has 0 aliphatic rings. The largest absolute Gasteiger partial charge is 0.486 e. The van der Waals surface area contributed by atoms with Crippen LogP contribution < -0.4 is 9.64 Å². The minimum atomic E-state index is 0.300. The zero-order valence-electron chi connectivity index (χ0n) is 15.0. The lowest BCUT2D eigenvalue weighted by molar-refractivity contribution is 0.290. The van der Waals surface area contributed by atoms with Gasteiger partial charge in [0.05, 0.1) is 6.21 Å². The lowest BCUT2D eigenvalue weighted by Gasteiger charge is -2.11. The van der Waals surface area contributed by atoms with Crippen molar-refractivity contribution in [2.75, 3.05) is 25.3 Å². The molecular weight excluding hydrogens is 346 g/mol. The van der Waals surface area contributed by atoms with Crippen LogP contribution in [0.25, 0.3) is 0 Å². The fraction of sp³-hybridized carbons (Fsp3) is 0.211. The van der Waals surface area contributed by atoms with E-state index in [1.54, 1.807) is 10.9 Å². The lowest BCUT2D eigenvalue weighted by Crippen LogP contribution is -2.08. The van der Waals surface area contributed by atoms with E-state index in [0.717, 1.165) is 22.2 Å². The van der Waals surface area contributed by atoms with Crippen LogP contribution in [-0.2, 0) is 6.61 Å². The van der Waals surface area contributed by atoms with Gasteiger partial charge in [-0.3, -0.25) is 0 Å². The summed E-state index contributed by atoms with van der Waals surface area (Å²) in [6.45, 7) is 0.300. The van der Waals surface area contributed by atoms with Crippen LogP contribution in [-0.4, -0.2) is 41.4 Å². The first kappa shape index (κ1) is 18.0. The first-order valence-corrected chi connectivity index (χ1v) is 9.37. The smallest absolute Gasteiger partial charge is 0.211 e. The Morgan fingerprint density at radius 1 is 1.08 bits per heavy atom. The van der Waals surface area contributed by atoms with Crippen LogP contribution in [0.5, 0.6) is 5.75 Å². The van der Waals surface area contributed by atoms with E-state index in [2.05, 4.69) is 32.3 Å². The zero-order valence-corrected chi connectivity index (χ0v) is 15.8. The summed E-state index contributed by atoms with van der Waals surface area (Å²) >= 11 is 1.49. The highest BCUT2D eigenvalue weighted by Crippen LogP contribution is 2.17. The van der Waals surface area contributed by atoms with Crippen molar-refractivity contribution in [1.82, 2.24) is 14.9 Å². The first-order chi connectivity index (χ1) is 12.7. The predicted octanol–water partition coefficient (Wildman–Crippen LogP) is 3.53. The number of thioether (sulfide) groups is 1. The van der Waals surface area contributed by atoms with Gasteiger partial charge in [0, 0.05) is 19.8 Å². The molecule has 0 radical (unpaired) electrons. The van der Waals surface area contributed by atoms with Crippen molar-refractivity contribution in [3.05, 3.63) is 66.0 Å². The van der Waals surface area contributed by atoms with Crippen molar-refractivity contribution in [1.29, 1.82) is 0 Å². The number of aromatic nitrogens is 3. The molecule has 3 aromatic rings. The molecule has 1 aromatic heterocycles. The molecule has 0 fully saturated rings. The Balaban J connectivity index is 1.76. The highest BCUT2D eigenvalue weighted by molar-refractivity contribution is 7.98. The molecule has 0 unspecified atom stereocenters. The van der Waals surface area contributed by atoms with Crippen molar-refractivity contribution < 1.29 is 4.74 Å². The number of benzene rings is 2. The average Bonchev–Trinajstić information content (AvgIpc) is 3.07.